The number of carbonyl (C=O) groups excluding carboxylic acids is 5. The van der Waals surface area contributed by atoms with Crippen molar-refractivity contribution in [3.63, 3.8) is 0 Å². The first kappa shape index (κ1) is 18.9. The summed E-state index contributed by atoms with van der Waals surface area (Å²) in [4.78, 5) is 57.9. The van der Waals surface area contributed by atoms with Crippen molar-refractivity contribution in [3.8, 4) is 0 Å². The molecule has 0 N–H and O–H groups in total. The highest BCUT2D eigenvalue weighted by Gasteiger charge is 2.58. The van der Waals surface area contributed by atoms with Crippen molar-refractivity contribution in [1.29, 1.82) is 0 Å². The van der Waals surface area contributed by atoms with Gasteiger partial charge in [-0.25, -0.2) is 0 Å². The molecule has 2 aliphatic rings. The number of esters is 5. The fourth-order valence-corrected chi connectivity index (χ4v) is 3.48. The molecular formula is C16H20O9. The van der Waals surface area contributed by atoms with Crippen LogP contribution in [0.5, 0.6) is 0 Å². The Kier molecular flexibility index (Phi) is 5.76. The highest BCUT2D eigenvalue weighted by atomic mass is 16.6. The van der Waals surface area contributed by atoms with E-state index in [1.165, 1.54) is 20.8 Å². The first-order chi connectivity index (χ1) is 11.7. The molecule has 5 atom stereocenters. The highest BCUT2D eigenvalue weighted by molar-refractivity contribution is 5.97. The third-order valence-electron chi connectivity index (χ3n) is 4.41. The minimum absolute atomic E-state index is 0.100. The van der Waals surface area contributed by atoms with E-state index < -0.39 is 59.6 Å². The minimum Gasteiger partial charge on any atom is -0.466 e. The average molecular weight is 356 g/mol. The summed E-state index contributed by atoms with van der Waals surface area (Å²) in [6.45, 7) is 3.37. The van der Waals surface area contributed by atoms with Gasteiger partial charge >= 0.3 is 29.8 Å². The molecule has 0 aromatic heterocycles. The van der Waals surface area contributed by atoms with Crippen LogP contribution in [0.25, 0.3) is 0 Å². The van der Waals surface area contributed by atoms with E-state index in [4.69, 9.17) is 18.9 Å². The molecule has 1 heterocycles. The van der Waals surface area contributed by atoms with E-state index in [-0.39, 0.29) is 19.6 Å². The lowest BCUT2D eigenvalue weighted by Crippen LogP contribution is -2.49. The molecule has 9 heteroatoms. The summed E-state index contributed by atoms with van der Waals surface area (Å²) in [6.07, 6.45) is -0.584. The average Bonchev–Trinajstić information content (AvgIpc) is 2.78. The van der Waals surface area contributed by atoms with Gasteiger partial charge in [-0.05, 0) is 6.42 Å². The van der Waals surface area contributed by atoms with Crippen molar-refractivity contribution in [2.75, 3.05) is 13.2 Å². The molecule has 1 saturated carbocycles. The summed E-state index contributed by atoms with van der Waals surface area (Å²) in [5.74, 6) is -6.11. The van der Waals surface area contributed by atoms with Gasteiger partial charge < -0.3 is 18.9 Å². The van der Waals surface area contributed by atoms with Crippen molar-refractivity contribution in [2.45, 2.75) is 33.3 Å². The molecule has 0 amide bonds. The van der Waals surface area contributed by atoms with Gasteiger partial charge in [-0.1, -0.05) is 0 Å². The van der Waals surface area contributed by atoms with E-state index in [0.717, 1.165) is 0 Å². The molecule has 0 aromatic carbocycles. The molecule has 138 valence electrons. The summed E-state index contributed by atoms with van der Waals surface area (Å²) in [5.41, 5.74) is 0. The van der Waals surface area contributed by atoms with Gasteiger partial charge in [-0.2, -0.15) is 0 Å². The van der Waals surface area contributed by atoms with Crippen LogP contribution in [-0.4, -0.2) is 49.2 Å². The molecule has 9 nitrogen and oxygen atoms in total. The van der Waals surface area contributed by atoms with Crippen LogP contribution in [0.2, 0.25) is 0 Å². The number of fused-ring (bicyclic) bond motifs is 1. The predicted molar refractivity (Wildman–Crippen MR) is 78.5 cm³/mol. The summed E-state index contributed by atoms with van der Waals surface area (Å²) < 4.78 is 20.0. The zero-order valence-electron chi connectivity index (χ0n) is 14.2. The van der Waals surface area contributed by atoms with E-state index in [1.807, 2.05) is 0 Å². The second kappa shape index (κ2) is 7.62. The normalized spacial score (nSPS) is 30.9. The third kappa shape index (κ3) is 4.34. The maximum atomic E-state index is 12.2. The molecule has 2 fully saturated rings. The molecule has 0 spiro atoms. The minimum atomic E-state index is -0.925. The first-order valence-electron chi connectivity index (χ1n) is 7.90. The molecule has 1 aliphatic carbocycles. The number of cyclic esters (lactones) is 2. The maximum absolute atomic E-state index is 12.2. The molecule has 0 unspecified atom stereocenters. The Morgan fingerprint density at radius 2 is 1.48 bits per heavy atom. The highest BCUT2D eigenvalue weighted by Crippen LogP contribution is 2.45. The Morgan fingerprint density at radius 1 is 0.920 bits per heavy atom. The van der Waals surface area contributed by atoms with Gasteiger partial charge in [0.05, 0.1) is 25.0 Å². The molecule has 1 aliphatic heterocycles. The molecule has 0 bridgehead atoms. The van der Waals surface area contributed by atoms with E-state index in [9.17, 15) is 24.0 Å². The lowest BCUT2D eigenvalue weighted by Gasteiger charge is -2.39. The molecule has 0 radical (unpaired) electrons. The quantitative estimate of drug-likeness (QED) is 0.380. The van der Waals surface area contributed by atoms with Crippen LogP contribution in [0.15, 0.2) is 0 Å². The van der Waals surface area contributed by atoms with Crippen LogP contribution in [-0.2, 0) is 42.9 Å². The van der Waals surface area contributed by atoms with Crippen molar-refractivity contribution < 1.29 is 42.9 Å². The topological polar surface area (TPSA) is 122 Å². The largest absolute Gasteiger partial charge is 0.466 e. The van der Waals surface area contributed by atoms with Gasteiger partial charge in [0.2, 0.25) is 0 Å². The summed E-state index contributed by atoms with van der Waals surface area (Å²) in [7, 11) is 0. The van der Waals surface area contributed by atoms with Crippen molar-refractivity contribution in [2.24, 2.45) is 23.7 Å². The van der Waals surface area contributed by atoms with E-state index in [2.05, 4.69) is 0 Å². The first-order valence-corrected chi connectivity index (χ1v) is 7.90. The fraction of sp³-hybridized carbons (Fsp3) is 0.688. The number of ether oxygens (including phenoxy) is 4. The molecule has 0 aromatic rings. The lowest BCUT2D eigenvalue weighted by atomic mass is 9.66. The molecular weight excluding hydrogens is 336 g/mol. The van der Waals surface area contributed by atoms with Gasteiger partial charge in [0.15, 0.2) is 0 Å². The van der Waals surface area contributed by atoms with E-state index in [1.54, 1.807) is 0 Å². The molecule has 2 rings (SSSR count). The van der Waals surface area contributed by atoms with Crippen molar-refractivity contribution in [3.05, 3.63) is 0 Å². The zero-order chi connectivity index (χ0) is 18.7. The van der Waals surface area contributed by atoms with Gasteiger partial charge in [-0.15, -0.1) is 0 Å². The Bertz CT molecular complexity index is 596. The van der Waals surface area contributed by atoms with Gasteiger partial charge in [0, 0.05) is 32.6 Å². The number of rotatable bonds is 5. The number of hydrogen-bond acceptors (Lipinski definition) is 9. The maximum Gasteiger partial charge on any atom is 0.318 e. The lowest BCUT2D eigenvalue weighted by molar-refractivity contribution is -0.168. The van der Waals surface area contributed by atoms with Gasteiger partial charge in [-0.3, -0.25) is 24.0 Å². The van der Waals surface area contributed by atoms with Crippen LogP contribution in [0.1, 0.15) is 27.2 Å². The summed E-state index contributed by atoms with van der Waals surface area (Å²) >= 11 is 0. The Labute approximate surface area is 143 Å². The van der Waals surface area contributed by atoms with Crippen LogP contribution >= 0.6 is 0 Å². The summed E-state index contributed by atoms with van der Waals surface area (Å²) in [5, 5.41) is 0. The van der Waals surface area contributed by atoms with E-state index >= 15 is 0 Å². The van der Waals surface area contributed by atoms with Crippen LogP contribution in [0.4, 0.5) is 0 Å². The molecule has 25 heavy (non-hydrogen) atoms. The van der Waals surface area contributed by atoms with Gasteiger partial charge in [0.25, 0.3) is 0 Å². The Hall–Kier alpha value is -2.45. The third-order valence-corrected chi connectivity index (χ3v) is 4.41. The standard InChI is InChI=1S/C16H20O9/c1-7(17)22-5-10-4-12(24-9(3)19)11(6-23-8(2)18)14-13(10)15(20)25-16(14)21/h10-14H,4-6H2,1-3H3/t10-,11-,12-,13+,14-/m1/s1. The Morgan fingerprint density at radius 3 is 2.04 bits per heavy atom. The fourth-order valence-electron chi connectivity index (χ4n) is 3.48. The second-order valence-electron chi connectivity index (χ2n) is 6.20. The van der Waals surface area contributed by atoms with Gasteiger partial charge in [0.1, 0.15) is 6.10 Å². The molecule has 1 saturated heterocycles. The second-order valence-corrected chi connectivity index (χ2v) is 6.20. The van der Waals surface area contributed by atoms with Crippen LogP contribution < -0.4 is 0 Å². The van der Waals surface area contributed by atoms with Crippen molar-refractivity contribution in [1.82, 2.24) is 0 Å². The Balaban J connectivity index is 2.29. The monoisotopic (exact) mass is 356 g/mol. The number of hydrogen-bond donors (Lipinski definition) is 0. The van der Waals surface area contributed by atoms with Crippen molar-refractivity contribution >= 4 is 29.8 Å². The van der Waals surface area contributed by atoms with Crippen LogP contribution in [0, 0.1) is 23.7 Å². The number of carbonyl (C=O) groups is 5. The van der Waals surface area contributed by atoms with Crippen LogP contribution in [0.3, 0.4) is 0 Å². The SMILES string of the molecule is CC(=O)OC[C@H]1C[C@@H](OC(C)=O)[C@@H](COC(C)=O)[C@H]2C(=O)OC(=O)[C@@H]12. The predicted octanol–water partition coefficient (Wildman–Crippen LogP) is -0.00380. The summed E-state index contributed by atoms with van der Waals surface area (Å²) in [6, 6.07) is 0. The smallest absolute Gasteiger partial charge is 0.318 e. The van der Waals surface area contributed by atoms with E-state index in [0.29, 0.717) is 0 Å². The zero-order valence-corrected chi connectivity index (χ0v) is 14.2.